The first-order valence-corrected chi connectivity index (χ1v) is 7.54. The fourth-order valence-corrected chi connectivity index (χ4v) is 3.45. The van der Waals surface area contributed by atoms with Crippen molar-refractivity contribution < 1.29 is 19.1 Å². The van der Waals surface area contributed by atoms with Crippen LogP contribution in [-0.4, -0.2) is 34.0 Å². The second kappa shape index (κ2) is 6.26. The van der Waals surface area contributed by atoms with Gasteiger partial charge in [-0.25, -0.2) is 9.18 Å². The van der Waals surface area contributed by atoms with Crippen LogP contribution in [0, 0.1) is 5.82 Å². The number of carboxylic acid groups (broad SMARTS) is 1. The minimum atomic E-state index is -1.17. The van der Waals surface area contributed by atoms with Crippen LogP contribution in [0.5, 0.6) is 0 Å². The summed E-state index contributed by atoms with van der Waals surface area (Å²) in [5.74, 6) is -0.355. The number of carboxylic acids is 1. The largest absolute Gasteiger partial charge is 0.480 e. The molecule has 20 heavy (non-hydrogen) atoms. The van der Waals surface area contributed by atoms with Gasteiger partial charge in [0.1, 0.15) is 11.4 Å². The molecule has 0 bridgehead atoms. The number of rotatable bonds is 4. The van der Waals surface area contributed by atoms with Crippen molar-refractivity contribution in [1.82, 2.24) is 5.32 Å². The summed E-state index contributed by atoms with van der Waals surface area (Å²) in [7, 11) is 0. The van der Waals surface area contributed by atoms with Crippen molar-refractivity contribution in [2.45, 2.75) is 24.8 Å². The number of aliphatic carboxylic acids is 1. The van der Waals surface area contributed by atoms with Crippen molar-refractivity contribution in [3.63, 3.8) is 0 Å². The molecule has 1 heterocycles. The molecule has 0 atom stereocenters. The quantitative estimate of drug-likeness (QED) is 0.890. The van der Waals surface area contributed by atoms with E-state index in [9.17, 15) is 19.1 Å². The van der Waals surface area contributed by atoms with Gasteiger partial charge < -0.3 is 10.4 Å². The lowest BCUT2D eigenvalue weighted by Crippen LogP contribution is -2.56. The maximum atomic E-state index is 13.1. The lowest BCUT2D eigenvalue weighted by molar-refractivity contribution is -0.148. The molecule has 1 saturated heterocycles. The van der Waals surface area contributed by atoms with Crippen LogP contribution in [-0.2, 0) is 16.0 Å². The van der Waals surface area contributed by atoms with E-state index in [4.69, 9.17) is 0 Å². The lowest BCUT2D eigenvalue weighted by Gasteiger charge is -2.33. The Labute approximate surface area is 120 Å². The van der Waals surface area contributed by atoms with Crippen LogP contribution >= 0.6 is 11.8 Å². The fraction of sp³-hybridized carbons (Fsp3) is 0.429. The van der Waals surface area contributed by atoms with Gasteiger partial charge in [-0.05, 0) is 42.0 Å². The number of carbonyl (C=O) groups is 2. The van der Waals surface area contributed by atoms with Crippen molar-refractivity contribution in [1.29, 1.82) is 0 Å². The Hall–Kier alpha value is -1.56. The van der Waals surface area contributed by atoms with Crippen LogP contribution in [0.2, 0.25) is 0 Å². The molecule has 1 aliphatic rings. The van der Waals surface area contributed by atoms with Crippen molar-refractivity contribution in [3.05, 3.63) is 35.6 Å². The smallest absolute Gasteiger partial charge is 0.329 e. The predicted octanol–water partition coefficient (Wildman–Crippen LogP) is 1.83. The summed E-state index contributed by atoms with van der Waals surface area (Å²) in [6.07, 6.45) is 0.823. The molecule has 2 N–H and O–H groups in total. The van der Waals surface area contributed by atoms with E-state index in [1.807, 2.05) is 0 Å². The molecule has 6 heteroatoms. The van der Waals surface area contributed by atoms with Gasteiger partial charge in [-0.2, -0.15) is 11.8 Å². The first kappa shape index (κ1) is 14.8. The van der Waals surface area contributed by atoms with Crippen molar-refractivity contribution in [2.75, 3.05) is 11.5 Å². The van der Waals surface area contributed by atoms with E-state index in [0.29, 0.717) is 29.9 Å². The van der Waals surface area contributed by atoms with Crippen LogP contribution < -0.4 is 5.32 Å². The van der Waals surface area contributed by atoms with Gasteiger partial charge in [0.2, 0.25) is 5.91 Å². The minimum absolute atomic E-state index is 0.0140. The zero-order valence-corrected chi connectivity index (χ0v) is 11.7. The third kappa shape index (κ3) is 3.50. The van der Waals surface area contributed by atoms with Crippen LogP contribution in [0.3, 0.4) is 0 Å². The second-order valence-electron chi connectivity index (χ2n) is 4.85. The zero-order chi connectivity index (χ0) is 14.6. The summed E-state index contributed by atoms with van der Waals surface area (Å²) in [4.78, 5) is 23.4. The predicted molar refractivity (Wildman–Crippen MR) is 75.2 cm³/mol. The highest BCUT2D eigenvalue weighted by atomic mass is 32.2. The maximum Gasteiger partial charge on any atom is 0.329 e. The summed E-state index contributed by atoms with van der Waals surface area (Å²) in [5, 5.41) is 12.0. The van der Waals surface area contributed by atoms with E-state index in [1.54, 1.807) is 17.8 Å². The molecule has 108 valence electrons. The normalized spacial score (nSPS) is 17.4. The third-order valence-electron chi connectivity index (χ3n) is 3.39. The molecule has 1 aliphatic heterocycles. The molecule has 1 amide bonds. The number of amides is 1. The van der Waals surface area contributed by atoms with Gasteiger partial charge in [0.25, 0.3) is 0 Å². The number of halogens is 1. The van der Waals surface area contributed by atoms with Crippen molar-refractivity contribution >= 4 is 23.6 Å². The molecular formula is C14H16FNO3S. The van der Waals surface area contributed by atoms with E-state index in [-0.39, 0.29) is 12.3 Å². The Bertz CT molecular complexity index is 515. The summed E-state index contributed by atoms with van der Waals surface area (Å²) < 4.78 is 13.1. The summed E-state index contributed by atoms with van der Waals surface area (Å²) >= 11 is 1.68. The van der Waals surface area contributed by atoms with Crippen molar-refractivity contribution in [2.24, 2.45) is 0 Å². The minimum Gasteiger partial charge on any atom is -0.480 e. The SMILES string of the molecule is O=C(Cc1cccc(F)c1)NC1(C(=O)O)CCSCC1. The van der Waals surface area contributed by atoms with Gasteiger partial charge in [0, 0.05) is 0 Å². The Kier molecular flexibility index (Phi) is 4.65. The van der Waals surface area contributed by atoms with E-state index in [2.05, 4.69) is 5.32 Å². The number of hydrogen-bond donors (Lipinski definition) is 2. The molecule has 1 aromatic rings. The van der Waals surface area contributed by atoms with Gasteiger partial charge in [-0.15, -0.1) is 0 Å². The topological polar surface area (TPSA) is 66.4 Å². The van der Waals surface area contributed by atoms with Crippen LogP contribution in [0.25, 0.3) is 0 Å². The van der Waals surface area contributed by atoms with Crippen LogP contribution in [0.4, 0.5) is 4.39 Å². The average Bonchev–Trinajstić information content (AvgIpc) is 2.39. The molecule has 2 rings (SSSR count). The number of nitrogens with one attached hydrogen (secondary N) is 1. The number of hydrogen-bond acceptors (Lipinski definition) is 3. The van der Waals surface area contributed by atoms with E-state index in [0.717, 1.165) is 0 Å². The number of benzene rings is 1. The van der Waals surface area contributed by atoms with Gasteiger partial charge in [0.05, 0.1) is 6.42 Å². The zero-order valence-electron chi connectivity index (χ0n) is 10.9. The highest BCUT2D eigenvalue weighted by Crippen LogP contribution is 2.27. The summed E-state index contributed by atoms with van der Waals surface area (Å²) in [6.45, 7) is 0. The average molecular weight is 297 g/mol. The van der Waals surface area contributed by atoms with Gasteiger partial charge >= 0.3 is 5.97 Å². The molecule has 0 unspecified atom stereocenters. The Morgan fingerprint density at radius 1 is 1.35 bits per heavy atom. The Morgan fingerprint density at radius 3 is 2.65 bits per heavy atom. The maximum absolute atomic E-state index is 13.1. The monoisotopic (exact) mass is 297 g/mol. The standard InChI is InChI=1S/C14H16FNO3S/c15-11-3-1-2-10(8-11)9-12(17)16-14(13(18)19)4-6-20-7-5-14/h1-3,8H,4-7,9H2,(H,16,17)(H,18,19). The summed E-state index contributed by atoms with van der Waals surface area (Å²) in [6, 6.07) is 5.76. The summed E-state index contributed by atoms with van der Waals surface area (Å²) in [5.41, 5.74) is -0.636. The highest BCUT2D eigenvalue weighted by molar-refractivity contribution is 7.99. The van der Waals surface area contributed by atoms with E-state index < -0.39 is 17.3 Å². The van der Waals surface area contributed by atoms with Crippen molar-refractivity contribution in [3.8, 4) is 0 Å². The Balaban J connectivity index is 2.03. The molecule has 0 spiro atoms. The van der Waals surface area contributed by atoms with E-state index >= 15 is 0 Å². The highest BCUT2D eigenvalue weighted by Gasteiger charge is 2.41. The molecule has 0 aliphatic carbocycles. The second-order valence-corrected chi connectivity index (χ2v) is 6.08. The first-order valence-electron chi connectivity index (χ1n) is 6.38. The molecule has 1 aromatic carbocycles. The lowest BCUT2D eigenvalue weighted by atomic mass is 9.92. The van der Waals surface area contributed by atoms with Gasteiger partial charge in [-0.1, -0.05) is 12.1 Å². The number of carbonyl (C=O) groups excluding carboxylic acids is 1. The molecule has 0 aromatic heterocycles. The molecule has 1 fully saturated rings. The third-order valence-corrected chi connectivity index (χ3v) is 4.37. The van der Waals surface area contributed by atoms with Gasteiger partial charge in [0.15, 0.2) is 0 Å². The van der Waals surface area contributed by atoms with Gasteiger partial charge in [-0.3, -0.25) is 4.79 Å². The van der Waals surface area contributed by atoms with E-state index in [1.165, 1.54) is 18.2 Å². The number of thioether (sulfide) groups is 1. The van der Waals surface area contributed by atoms with Crippen LogP contribution in [0.1, 0.15) is 18.4 Å². The Morgan fingerprint density at radius 2 is 2.05 bits per heavy atom. The molecular weight excluding hydrogens is 281 g/mol. The molecule has 0 radical (unpaired) electrons. The molecule has 4 nitrogen and oxygen atoms in total. The molecule has 0 saturated carbocycles. The fourth-order valence-electron chi connectivity index (χ4n) is 2.26. The first-order chi connectivity index (χ1) is 9.52. The van der Waals surface area contributed by atoms with Crippen LogP contribution in [0.15, 0.2) is 24.3 Å².